The van der Waals surface area contributed by atoms with Crippen molar-refractivity contribution in [1.82, 2.24) is 0 Å². The van der Waals surface area contributed by atoms with Gasteiger partial charge in [-0.2, -0.15) is 0 Å². The van der Waals surface area contributed by atoms with Crippen molar-refractivity contribution in [2.24, 2.45) is 5.92 Å². The van der Waals surface area contributed by atoms with Crippen LogP contribution in [0.15, 0.2) is 24.3 Å². The minimum atomic E-state index is -0.921. The van der Waals surface area contributed by atoms with Gasteiger partial charge in [-0.3, -0.25) is 0 Å². The van der Waals surface area contributed by atoms with Crippen LogP contribution in [-0.4, -0.2) is 24.7 Å². The van der Waals surface area contributed by atoms with E-state index in [1.807, 2.05) is 19.1 Å². The van der Waals surface area contributed by atoms with Gasteiger partial charge in [0.15, 0.2) is 0 Å². The third kappa shape index (κ3) is 4.24. The van der Waals surface area contributed by atoms with E-state index in [2.05, 4.69) is 31.9 Å². The van der Waals surface area contributed by atoms with Crippen LogP contribution in [0.3, 0.4) is 0 Å². The van der Waals surface area contributed by atoms with Gasteiger partial charge in [0.1, 0.15) is 0 Å². The standard InChI is InChI=1S/C15H21NO2/c1-11(2)10-16(4)14-7-5-13(12(3)9-14)6-8-15(17)18/h5-9,11H,10H2,1-4H3,(H,17,18). The summed E-state index contributed by atoms with van der Waals surface area (Å²) in [5.41, 5.74) is 3.19. The molecule has 1 N–H and O–H groups in total. The van der Waals surface area contributed by atoms with Crippen LogP contribution in [0.2, 0.25) is 0 Å². The molecule has 1 rings (SSSR count). The van der Waals surface area contributed by atoms with E-state index in [1.54, 1.807) is 6.08 Å². The summed E-state index contributed by atoms with van der Waals surface area (Å²) in [6.45, 7) is 7.37. The van der Waals surface area contributed by atoms with Crippen molar-refractivity contribution in [2.45, 2.75) is 20.8 Å². The number of carbonyl (C=O) groups is 1. The van der Waals surface area contributed by atoms with E-state index in [1.165, 1.54) is 6.08 Å². The van der Waals surface area contributed by atoms with Gasteiger partial charge in [0.2, 0.25) is 0 Å². The van der Waals surface area contributed by atoms with Crippen molar-refractivity contribution in [2.75, 3.05) is 18.5 Å². The van der Waals surface area contributed by atoms with Crippen LogP contribution in [0.4, 0.5) is 5.69 Å². The summed E-state index contributed by atoms with van der Waals surface area (Å²) in [7, 11) is 2.07. The van der Waals surface area contributed by atoms with Gasteiger partial charge in [-0.15, -0.1) is 0 Å². The first-order valence-corrected chi connectivity index (χ1v) is 6.13. The second-order valence-electron chi connectivity index (χ2n) is 4.99. The normalized spacial score (nSPS) is 11.2. The third-order valence-corrected chi connectivity index (χ3v) is 2.74. The van der Waals surface area contributed by atoms with Crippen LogP contribution in [0.25, 0.3) is 6.08 Å². The molecule has 0 aliphatic rings. The summed E-state index contributed by atoms with van der Waals surface area (Å²) < 4.78 is 0. The fourth-order valence-electron chi connectivity index (χ4n) is 1.90. The fourth-order valence-corrected chi connectivity index (χ4v) is 1.90. The quantitative estimate of drug-likeness (QED) is 0.812. The Bertz CT molecular complexity index is 450. The largest absolute Gasteiger partial charge is 0.478 e. The molecule has 3 heteroatoms. The SMILES string of the molecule is Cc1cc(N(C)CC(C)C)ccc1C=CC(=O)O. The van der Waals surface area contributed by atoms with Crippen LogP contribution >= 0.6 is 0 Å². The second-order valence-corrected chi connectivity index (χ2v) is 4.99. The Morgan fingerprint density at radius 3 is 2.61 bits per heavy atom. The molecule has 0 radical (unpaired) electrons. The molecule has 0 aromatic heterocycles. The maximum absolute atomic E-state index is 10.5. The number of aryl methyl sites for hydroxylation is 1. The minimum absolute atomic E-state index is 0.613. The molecule has 0 atom stereocenters. The van der Waals surface area contributed by atoms with Gasteiger partial charge in [-0.25, -0.2) is 4.79 Å². The maximum atomic E-state index is 10.5. The molecule has 0 aliphatic carbocycles. The molecule has 0 saturated heterocycles. The number of carboxylic acids is 1. The lowest BCUT2D eigenvalue weighted by Crippen LogP contribution is -2.22. The van der Waals surface area contributed by atoms with E-state index in [0.717, 1.165) is 23.4 Å². The first-order valence-electron chi connectivity index (χ1n) is 6.13. The zero-order valence-electron chi connectivity index (χ0n) is 11.5. The van der Waals surface area contributed by atoms with Gasteiger partial charge in [0.25, 0.3) is 0 Å². The number of nitrogens with zero attached hydrogens (tertiary/aromatic N) is 1. The summed E-state index contributed by atoms with van der Waals surface area (Å²) >= 11 is 0. The Morgan fingerprint density at radius 2 is 2.11 bits per heavy atom. The van der Waals surface area contributed by atoms with Gasteiger partial charge in [0, 0.05) is 25.4 Å². The Balaban J connectivity index is 2.88. The number of hydrogen-bond donors (Lipinski definition) is 1. The lowest BCUT2D eigenvalue weighted by atomic mass is 10.1. The molecule has 1 aromatic carbocycles. The zero-order valence-corrected chi connectivity index (χ0v) is 11.5. The van der Waals surface area contributed by atoms with Crippen LogP contribution in [-0.2, 0) is 4.79 Å². The van der Waals surface area contributed by atoms with Crippen LogP contribution < -0.4 is 4.90 Å². The molecular formula is C15H21NO2. The number of carboxylic acid groups (broad SMARTS) is 1. The Morgan fingerprint density at radius 1 is 1.44 bits per heavy atom. The van der Waals surface area contributed by atoms with Crippen LogP contribution in [0.1, 0.15) is 25.0 Å². The number of benzene rings is 1. The average molecular weight is 247 g/mol. The predicted octanol–water partition coefficient (Wildman–Crippen LogP) is 3.19. The van der Waals surface area contributed by atoms with Crippen molar-refractivity contribution in [3.8, 4) is 0 Å². The van der Waals surface area contributed by atoms with Gasteiger partial charge in [-0.05, 0) is 42.2 Å². The van der Waals surface area contributed by atoms with Crippen molar-refractivity contribution in [3.05, 3.63) is 35.4 Å². The molecule has 0 unspecified atom stereocenters. The lowest BCUT2D eigenvalue weighted by Gasteiger charge is -2.22. The first kappa shape index (κ1) is 14.3. The highest BCUT2D eigenvalue weighted by atomic mass is 16.4. The van der Waals surface area contributed by atoms with Crippen molar-refractivity contribution >= 4 is 17.7 Å². The molecule has 18 heavy (non-hydrogen) atoms. The summed E-state index contributed by atoms with van der Waals surface area (Å²) in [5, 5.41) is 8.61. The summed E-state index contributed by atoms with van der Waals surface area (Å²) in [6, 6.07) is 6.07. The minimum Gasteiger partial charge on any atom is -0.478 e. The Kier molecular flexibility index (Phi) is 4.95. The van der Waals surface area contributed by atoms with Gasteiger partial charge in [-0.1, -0.05) is 19.9 Å². The van der Waals surface area contributed by atoms with E-state index < -0.39 is 5.97 Å². The number of anilines is 1. The Hall–Kier alpha value is -1.77. The van der Waals surface area contributed by atoms with E-state index in [4.69, 9.17) is 5.11 Å². The molecule has 0 heterocycles. The van der Waals surface area contributed by atoms with Gasteiger partial charge < -0.3 is 10.0 Å². The summed E-state index contributed by atoms with van der Waals surface area (Å²) in [4.78, 5) is 12.7. The van der Waals surface area contributed by atoms with E-state index in [9.17, 15) is 4.79 Å². The smallest absolute Gasteiger partial charge is 0.328 e. The highest BCUT2D eigenvalue weighted by molar-refractivity contribution is 5.85. The third-order valence-electron chi connectivity index (χ3n) is 2.74. The van der Waals surface area contributed by atoms with Crippen molar-refractivity contribution in [3.63, 3.8) is 0 Å². The van der Waals surface area contributed by atoms with Crippen LogP contribution in [0.5, 0.6) is 0 Å². The molecule has 98 valence electrons. The summed E-state index contributed by atoms with van der Waals surface area (Å²) in [6.07, 6.45) is 2.80. The van der Waals surface area contributed by atoms with E-state index >= 15 is 0 Å². The lowest BCUT2D eigenvalue weighted by molar-refractivity contribution is -0.131. The molecule has 0 aliphatic heterocycles. The molecule has 3 nitrogen and oxygen atoms in total. The average Bonchev–Trinajstić information content (AvgIpc) is 2.26. The molecule has 0 saturated carbocycles. The molecule has 0 fully saturated rings. The van der Waals surface area contributed by atoms with Gasteiger partial charge >= 0.3 is 5.97 Å². The van der Waals surface area contributed by atoms with Gasteiger partial charge in [0.05, 0.1) is 0 Å². The molecule has 0 amide bonds. The maximum Gasteiger partial charge on any atom is 0.328 e. The summed E-state index contributed by atoms with van der Waals surface area (Å²) in [5.74, 6) is -0.308. The highest BCUT2D eigenvalue weighted by Gasteiger charge is 2.05. The molecular weight excluding hydrogens is 226 g/mol. The monoisotopic (exact) mass is 247 g/mol. The van der Waals surface area contributed by atoms with Crippen LogP contribution in [0, 0.1) is 12.8 Å². The Labute approximate surface area is 109 Å². The van der Waals surface area contributed by atoms with Crippen molar-refractivity contribution in [1.29, 1.82) is 0 Å². The zero-order chi connectivity index (χ0) is 13.7. The van der Waals surface area contributed by atoms with E-state index in [-0.39, 0.29) is 0 Å². The number of hydrogen-bond acceptors (Lipinski definition) is 2. The number of aliphatic carboxylic acids is 1. The highest BCUT2D eigenvalue weighted by Crippen LogP contribution is 2.20. The second kappa shape index (κ2) is 6.24. The molecule has 0 bridgehead atoms. The topological polar surface area (TPSA) is 40.5 Å². The predicted molar refractivity (Wildman–Crippen MR) is 76.0 cm³/mol. The first-order chi connectivity index (χ1) is 8.40. The molecule has 0 spiro atoms. The number of rotatable bonds is 5. The van der Waals surface area contributed by atoms with E-state index in [0.29, 0.717) is 5.92 Å². The van der Waals surface area contributed by atoms with Crippen molar-refractivity contribution < 1.29 is 9.90 Å². The fraction of sp³-hybridized carbons (Fsp3) is 0.400. The molecule has 1 aromatic rings.